The average Bonchev–Trinajstić information content (AvgIpc) is 2.38. The van der Waals surface area contributed by atoms with Gasteiger partial charge in [0.25, 0.3) is 5.56 Å². The lowest BCUT2D eigenvalue weighted by molar-refractivity contribution is -0.144. The topological polar surface area (TPSA) is 77.4 Å². The van der Waals surface area contributed by atoms with Crippen LogP contribution in [0.2, 0.25) is 0 Å². The second-order valence-electron chi connectivity index (χ2n) is 4.17. The molecular weight excluding hydrogens is 293 g/mol. The van der Waals surface area contributed by atoms with E-state index in [1.165, 1.54) is 6.92 Å². The van der Waals surface area contributed by atoms with Crippen molar-refractivity contribution in [2.24, 2.45) is 0 Å². The molecule has 1 amide bonds. The molecule has 1 aromatic rings. The average molecular weight is 306 g/mol. The minimum absolute atomic E-state index is 0.613. The number of rotatable bonds is 4. The van der Waals surface area contributed by atoms with Crippen LogP contribution in [0.3, 0.4) is 0 Å². The number of aromatic nitrogens is 1. The highest BCUT2D eigenvalue weighted by Crippen LogP contribution is 2.25. The molecule has 0 aliphatic heterocycles. The van der Waals surface area contributed by atoms with E-state index in [4.69, 9.17) is 0 Å². The lowest BCUT2D eigenvalue weighted by Gasteiger charge is -2.13. The molecule has 21 heavy (non-hydrogen) atoms. The van der Waals surface area contributed by atoms with Gasteiger partial charge in [0.05, 0.1) is 7.11 Å². The molecule has 0 aromatic carbocycles. The van der Waals surface area contributed by atoms with Gasteiger partial charge in [-0.3, -0.25) is 9.59 Å². The predicted molar refractivity (Wildman–Crippen MR) is 65.3 cm³/mol. The van der Waals surface area contributed by atoms with Gasteiger partial charge in [0.1, 0.15) is 18.2 Å². The van der Waals surface area contributed by atoms with Crippen molar-refractivity contribution in [3.63, 3.8) is 0 Å². The summed E-state index contributed by atoms with van der Waals surface area (Å²) in [5.41, 5.74) is -2.69. The number of nitrogens with zero attached hydrogens (tertiary/aromatic N) is 1. The fourth-order valence-electron chi connectivity index (χ4n) is 1.55. The first kappa shape index (κ1) is 16.7. The number of methoxy groups -OCH3 is 1. The standard InChI is InChI=1S/C12H13F3N2O4/c1-7(11(20)21-2)16-9(18)6-17-5-3-4-8(10(17)19)12(13,14)15/h3-5,7H,6H2,1-2H3,(H,16,18)/t7-/m0/s1. The highest BCUT2D eigenvalue weighted by molar-refractivity contribution is 5.83. The molecule has 1 atom stereocenters. The summed E-state index contributed by atoms with van der Waals surface area (Å²) in [5, 5.41) is 2.21. The van der Waals surface area contributed by atoms with Gasteiger partial charge < -0.3 is 14.6 Å². The van der Waals surface area contributed by atoms with E-state index in [-0.39, 0.29) is 0 Å². The van der Waals surface area contributed by atoms with E-state index >= 15 is 0 Å². The van der Waals surface area contributed by atoms with Gasteiger partial charge in [-0.05, 0) is 19.1 Å². The summed E-state index contributed by atoms with van der Waals surface area (Å²) in [6, 6.07) is 0.679. The summed E-state index contributed by atoms with van der Waals surface area (Å²) in [4.78, 5) is 34.3. The number of halogens is 3. The molecule has 1 heterocycles. The van der Waals surface area contributed by atoms with E-state index in [1.807, 2.05) is 0 Å². The zero-order valence-electron chi connectivity index (χ0n) is 11.2. The number of carbonyl (C=O) groups excluding carboxylic acids is 2. The molecule has 116 valence electrons. The quantitative estimate of drug-likeness (QED) is 0.824. The molecular formula is C12H13F3N2O4. The first-order chi connectivity index (χ1) is 9.66. The smallest absolute Gasteiger partial charge is 0.421 e. The first-order valence-corrected chi connectivity index (χ1v) is 5.80. The summed E-state index contributed by atoms with van der Waals surface area (Å²) >= 11 is 0. The van der Waals surface area contributed by atoms with E-state index in [9.17, 15) is 27.6 Å². The fourth-order valence-corrected chi connectivity index (χ4v) is 1.55. The zero-order valence-corrected chi connectivity index (χ0v) is 11.2. The molecule has 0 saturated heterocycles. The summed E-state index contributed by atoms with van der Waals surface area (Å²) in [6.45, 7) is 0.711. The Bertz CT molecular complexity index is 595. The van der Waals surface area contributed by atoms with Crippen molar-refractivity contribution >= 4 is 11.9 Å². The van der Waals surface area contributed by atoms with E-state index in [0.717, 1.165) is 19.4 Å². The van der Waals surface area contributed by atoms with Gasteiger partial charge in [0, 0.05) is 6.20 Å². The third kappa shape index (κ3) is 4.33. The summed E-state index contributed by atoms with van der Waals surface area (Å²) in [5.74, 6) is -1.49. The van der Waals surface area contributed by atoms with Gasteiger partial charge in [0.2, 0.25) is 5.91 Å². The molecule has 6 nitrogen and oxygen atoms in total. The van der Waals surface area contributed by atoms with Crippen molar-refractivity contribution in [3.8, 4) is 0 Å². The highest BCUT2D eigenvalue weighted by Gasteiger charge is 2.34. The number of hydrogen-bond donors (Lipinski definition) is 1. The van der Waals surface area contributed by atoms with E-state index < -0.39 is 41.8 Å². The maximum Gasteiger partial charge on any atom is 0.421 e. The second kappa shape index (κ2) is 6.42. The van der Waals surface area contributed by atoms with Gasteiger partial charge in [-0.25, -0.2) is 4.79 Å². The van der Waals surface area contributed by atoms with Crippen LogP contribution in [0.1, 0.15) is 12.5 Å². The van der Waals surface area contributed by atoms with Crippen LogP contribution >= 0.6 is 0 Å². The molecule has 0 aliphatic carbocycles. The van der Waals surface area contributed by atoms with Crippen molar-refractivity contribution in [1.82, 2.24) is 9.88 Å². The van der Waals surface area contributed by atoms with Crippen LogP contribution in [0.5, 0.6) is 0 Å². The Labute approximate surface area is 117 Å². The van der Waals surface area contributed by atoms with Crippen LogP contribution < -0.4 is 10.9 Å². The van der Waals surface area contributed by atoms with Crippen LogP contribution in [0.4, 0.5) is 13.2 Å². The fraction of sp³-hybridized carbons (Fsp3) is 0.417. The minimum Gasteiger partial charge on any atom is -0.467 e. The van der Waals surface area contributed by atoms with Gasteiger partial charge in [-0.1, -0.05) is 0 Å². The Kier molecular flexibility index (Phi) is 5.12. The molecule has 9 heteroatoms. The molecule has 1 aromatic heterocycles. The van der Waals surface area contributed by atoms with Crippen molar-refractivity contribution in [1.29, 1.82) is 0 Å². The summed E-state index contributed by atoms with van der Waals surface area (Å²) < 4.78 is 42.7. The molecule has 0 fully saturated rings. The lowest BCUT2D eigenvalue weighted by atomic mass is 10.2. The molecule has 0 aliphatic rings. The molecule has 0 spiro atoms. The van der Waals surface area contributed by atoms with Crippen LogP contribution in [0.15, 0.2) is 23.1 Å². The normalized spacial score (nSPS) is 12.6. The van der Waals surface area contributed by atoms with Crippen molar-refractivity contribution in [3.05, 3.63) is 34.2 Å². The van der Waals surface area contributed by atoms with Gasteiger partial charge in [-0.2, -0.15) is 13.2 Å². The number of ether oxygens (including phenoxy) is 1. The molecule has 0 radical (unpaired) electrons. The van der Waals surface area contributed by atoms with Crippen molar-refractivity contribution in [2.75, 3.05) is 7.11 Å². The Morgan fingerprint density at radius 2 is 2.05 bits per heavy atom. The third-order valence-electron chi connectivity index (χ3n) is 2.57. The Hall–Kier alpha value is -2.32. The summed E-state index contributed by atoms with van der Waals surface area (Å²) in [6.07, 6.45) is -3.74. The Morgan fingerprint density at radius 1 is 1.43 bits per heavy atom. The second-order valence-corrected chi connectivity index (χ2v) is 4.17. The molecule has 1 N–H and O–H groups in total. The van der Waals surface area contributed by atoms with Crippen molar-refractivity contribution < 1.29 is 27.5 Å². The Balaban J connectivity index is 2.87. The zero-order chi connectivity index (χ0) is 16.2. The number of esters is 1. The molecule has 0 bridgehead atoms. The van der Waals surface area contributed by atoms with Crippen LogP contribution in [0, 0.1) is 0 Å². The number of carbonyl (C=O) groups is 2. The van der Waals surface area contributed by atoms with E-state index in [0.29, 0.717) is 10.6 Å². The van der Waals surface area contributed by atoms with Crippen LogP contribution in [-0.4, -0.2) is 29.6 Å². The van der Waals surface area contributed by atoms with E-state index in [1.54, 1.807) is 0 Å². The van der Waals surface area contributed by atoms with E-state index in [2.05, 4.69) is 10.1 Å². The molecule has 0 saturated carbocycles. The first-order valence-electron chi connectivity index (χ1n) is 5.80. The monoisotopic (exact) mass is 306 g/mol. The Morgan fingerprint density at radius 3 is 2.57 bits per heavy atom. The molecule has 0 unspecified atom stereocenters. The highest BCUT2D eigenvalue weighted by atomic mass is 19.4. The van der Waals surface area contributed by atoms with Gasteiger partial charge in [0.15, 0.2) is 0 Å². The summed E-state index contributed by atoms with van der Waals surface area (Å²) in [7, 11) is 1.13. The van der Waals surface area contributed by atoms with Gasteiger partial charge in [-0.15, -0.1) is 0 Å². The largest absolute Gasteiger partial charge is 0.467 e. The number of amides is 1. The van der Waals surface area contributed by atoms with Crippen LogP contribution in [0.25, 0.3) is 0 Å². The van der Waals surface area contributed by atoms with Gasteiger partial charge >= 0.3 is 12.1 Å². The number of nitrogens with one attached hydrogen (secondary N) is 1. The van der Waals surface area contributed by atoms with Crippen molar-refractivity contribution in [2.45, 2.75) is 25.7 Å². The number of alkyl halides is 3. The minimum atomic E-state index is -4.80. The molecule has 1 rings (SSSR count). The number of pyridine rings is 1. The third-order valence-corrected chi connectivity index (χ3v) is 2.57. The number of hydrogen-bond acceptors (Lipinski definition) is 4. The SMILES string of the molecule is COC(=O)[C@H](C)NC(=O)Cn1cccc(C(F)(F)F)c1=O. The maximum atomic E-state index is 12.6. The predicted octanol–water partition coefficient (Wildman–Crippen LogP) is 0.545. The van der Waals surface area contributed by atoms with Crippen LogP contribution in [-0.2, 0) is 27.0 Å². The lowest BCUT2D eigenvalue weighted by Crippen LogP contribution is -2.42. The maximum absolute atomic E-state index is 12.6.